The van der Waals surface area contributed by atoms with Crippen molar-refractivity contribution in [2.45, 2.75) is 13.5 Å². The molecule has 9 nitrogen and oxygen atoms in total. The van der Waals surface area contributed by atoms with Crippen LogP contribution in [-0.4, -0.2) is 51.4 Å². The van der Waals surface area contributed by atoms with Crippen LogP contribution in [0.15, 0.2) is 49.1 Å². The van der Waals surface area contributed by atoms with Crippen LogP contribution in [-0.2, 0) is 6.54 Å². The van der Waals surface area contributed by atoms with Crippen molar-refractivity contribution >= 4 is 28.7 Å². The molecule has 4 aromatic heterocycles. The molecule has 6 rings (SSSR count). The molecule has 3 N–H and O–H groups in total. The Bertz CT molecular complexity index is 1360. The van der Waals surface area contributed by atoms with Gasteiger partial charge in [0.1, 0.15) is 11.5 Å². The van der Waals surface area contributed by atoms with Crippen LogP contribution in [0.5, 0.6) is 0 Å². The molecule has 4 aromatic rings. The third-order valence-corrected chi connectivity index (χ3v) is 6.24. The van der Waals surface area contributed by atoms with Gasteiger partial charge >= 0.3 is 0 Å². The maximum absolute atomic E-state index is 12.7. The number of imidazole rings is 1. The molecule has 0 atom stereocenters. The lowest BCUT2D eigenvalue weighted by atomic mass is 10.1. The fourth-order valence-electron chi connectivity index (χ4n) is 4.52. The van der Waals surface area contributed by atoms with Gasteiger partial charge in [0.05, 0.1) is 46.9 Å². The minimum atomic E-state index is -0.113. The van der Waals surface area contributed by atoms with Crippen LogP contribution in [0.1, 0.15) is 21.5 Å². The maximum Gasteiger partial charge on any atom is 0.254 e. The second-order valence-corrected chi connectivity index (χ2v) is 8.40. The quantitative estimate of drug-likeness (QED) is 0.448. The number of anilines is 3. The van der Waals surface area contributed by atoms with Gasteiger partial charge in [-0.3, -0.25) is 14.2 Å². The number of aromatic nitrogens is 4. The monoisotopic (exact) mass is 440 g/mol. The standard InChI is InChI=1S/C24H24N8O/c1-15-4-7-32-19(14-27-21(32)10-15)23-17-12-29-24(33)22(17)18(13-28-23)30-20-3-2-16(11-26-20)31-8-5-25-6-9-31/h2-4,7,10-11,13-14,25H,5-6,8-9,12H2,1H3,(H,26,30)(H,29,33). The molecule has 1 saturated heterocycles. The number of aryl methyl sites for hydroxylation is 1. The summed E-state index contributed by atoms with van der Waals surface area (Å²) in [5.74, 6) is 0.564. The average Bonchev–Trinajstić information content (AvgIpc) is 3.44. The number of amides is 1. The SMILES string of the molecule is Cc1ccn2c(-c3ncc(Nc4ccc(N5CCNCC5)cn4)c4c3CNC4=O)cnc2c1. The summed E-state index contributed by atoms with van der Waals surface area (Å²) in [7, 11) is 0. The van der Waals surface area contributed by atoms with Crippen molar-refractivity contribution in [1.29, 1.82) is 0 Å². The lowest BCUT2D eigenvalue weighted by molar-refractivity contribution is 0.0966. The van der Waals surface area contributed by atoms with E-state index in [-0.39, 0.29) is 5.91 Å². The zero-order valence-corrected chi connectivity index (χ0v) is 18.3. The first-order chi connectivity index (χ1) is 16.2. The molecule has 0 aromatic carbocycles. The summed E-state index contributed by atoms with van der Waals surface area (Å²) in [6.45, 7) is 6.36. The van der Waals surface area contributed by atoms with Crippen molar-refractivity contribution in [2.75, 3.05) is 36.4 Å². The van der Waals surface area contributed by atoms with E-state index in [0.717, 1.165) is 60.0 Å². The predicted molar refractivity (Wildman–Crippen MR) is 127 cm³/mol. The Kier molecular flexibility index (Phi) is 4.69. The zero-order chi connectivity index (χ0) is 22.4. The number of hydrogen-bond acceptors (Lipinski definition) is 7. The van der Waals surface area contributed by atoms with E-state index >= 15 is 0 Å². The Morgan fingerprint density at radius 1 is 1.03 bits per heavy atom. The molecular formula is C24H24N8O. The van der Waals surface area contributed by atoms with Crippen LogP contribution >= 0.6 is 0 Å². The molecule has 0 spiro atoms. The van der Waals surface area contributed by atoms with Crippen LogP contribution < -0.4 is 20.9 Å². The van der Waals surface area contributed by atoms with Crippen LogP contribution in [0.4, 0.5) is 17.2 Å². The smallest absolute Gasteiger partial charge is 0.254 e. The first-order valence-electron chi connectivity index (χ1n) is 11.1. The summed E-state index contributed by atoms with van der Waals surface area (Å²) in [5, 5.41) is 9.59. The minimum Gasteiger partial charge on any atom is -0.368 e. The van der Waals surface area contributed by atoms with Gasteiger partial charge in [-0.05, 0) is 36.8 Å². The third-order valence-electron chi connectivity index (χ3n) is 6.24. The van der Waals surface area contributed by atoms with Gasteiger partial charge in [0.15, 0.2) is 0 Å². The molecule has 1 fully saturated rings. The van der Waals surface area contributed by atoms with E-state index in [1.165, 1.54) is 0 Å². The Labute approximate surface area is 190 Å². The van der Waals surface area contributed by atoms with Gasteiger partial charge in [0.2, 0.25) is 0 Å². The summed E-state index contributed by atoms with van der Waals surface area (Å²) < 4.78 is 2.00. The molecule has 0 aliphatic carbocycles. The van der Waals surface area contributed by atoms with Gasteiger partial charge in [-0.2, -0.15) is 0 Å². The third kappa shape index (κ3) is 3.46. The number of nitrogens with zero attached hydrogens (tertiary/aromatic N) is 5. The highest BCUT2D eigenvalue weighted by Crippen LogP contribution is 2.33. The molecule has 6 heterocycles. The Balaban J connectivity index is 1.33. The topological polar surface area (TPSA) is 99.5 Å². The number of pyridine rings is 3. The average molecular weight is 441 g/mol. The summed E-state index contributed by atoms with van der Waals surface area (Å²) in [6.07, 6.45) is 7.37. The van der Waals surface area contributed by atoms with Crippen LogP contribution in [0, 0.1) is 6.92 Å². The number of carbonyl (C=O) groups is 1. The number of rotatable bonds is 4. The van der Waals surface area contributed by atoms with Gasteiger partial charge in [-0.1, -0.05) is 0 Å². The van der Waals surface area contributed by atoms with Crippen molar-refractivity contribution in [3.05, 3.63) is 65.7 Å². The number of carbonyl (C=O) groups excluding carboxylic acids is 1. The largest absolute Gasteiger partial charge is 0.368 e. The summed E-state index contributed by atoms with van der Waals surface area (Å²) in [6, 6.07) is 8.06. The van der Waals surface area contributed by atoms with Crippen molar-refractivity contribution in [3.63, 3.8) is 0 Å². The van der Waals surface area contributed by atoms with E-state index in [9.17, 15) is 4.79 Å². The molecule has 0 saturated carbocycles. The molecule has 0 unspecified atom stereocenters. The van der Waals surface area contributed by atoms with Crippen LogP contribution in [0.2, 0.25) is 0 Å². The minimum absolute atomic E-state index is 0.113. The van der Waals surface area contributed by atoms with Crippen LogP contribution in [0.3, 0.4) is 0 Å². The van der Waals surface area contributed by atoms with Crippen molar-refractivity contribution in [1.82, 2.24) is 30.0 Å². The molecule has 1 amide bonds. The molecule has 0 radical (unpaired) electrons. The van der Waals surface area contributed by atoms with Gasteiger partial charge in [-0.25, -0.2) is 9.97 Å². The van der Waals surface area contributed by atoms with Gasteiger partial charge in [0, 0.05) is 44.5 Å². The summed E-state index contributed by atoms with van der Waals surface area (Å²) in [4.78, 5) is 28.9. The number of fused-ring (bicyclic) bond motifs is 2. The lowest BCUT2D eigenvalue weighted by Crippen LogP contribution is -2.43. The fraction of sp³-hybridized carbons (Fsp3) is 0.250. The highest BCUT2D eigenvalue weighted by atomic mass is 16.1. The highest BCUT2D eigenvalue weighted by molar-refractivity contribution is 6.05. The van der Waals surface area contributed by atoms with Gasteiger partial charge in [-0.15, -0.1) is 0 Å². The van der Waals surface area contributed by atoms with E-state index in [2.05, 4.69) is 36.9 Å². The van der Waals surface area contributed by atoms with E-state index in [0.29, 0.717) is 23.6 Å². The summed E-state index contributed by atoms with van der Waals surface area (Å²) in [5.41, 5.74) is 6.84. The molecule has 9 heteroatoms. The van der Waals surface area contributed by atoms with Gasteiger partial charge < -0.3 is 20.9 Å². The second kappa shape index (κ2) is 7.86. The van der Waals surface area contributed by atoms with Crippen molar-refractivity contribution in [2.24, 2.45) is 0 Å². The Hall–Kier alpha value is -3.98. The molecular weight excluding hydrogens is 416 g/mol. The van der Waals surface area contributed by atoms with E-state index in [1.807, 2.05) is 48.1 Å². The summed E-state index contributed by atoms with van der Waals surface area (Å²) >= 11 is 0. The maximum atomic E-state index is 12.7. The predicted octanol–water partition coefficient (Wildman–Crippen LogP) is 2.50. The normalized spacial score (nSPS) is 15.5. The molecule has 0 bridgehead atoms. The van der Waals surface area contributed by atoms with Crippen LogP contribution in [0.25, 0.3) is 17.0 Å². The number of piperazine rings is 1. The fourth-order valence-corrected chi connectivity index (χ4v) is 4.52. The van der Waals surface area contributed by atoms with Gasteiger partial charge in [0.25, 0.3) is 5.91 Å². The van der Waals surface area contributed by atoms with Crippen molar-refractivity contribution in [3.8, 4) is 11.4 Å². The highest BCUT2D eigenvalue weighted by Gasteiger charge is 2.28. The molecule has 166 valence electrons. The molecule has 33 heavy (non-hydrogen) atoms. The van der Waals surface area contributed by atoms with E-state index in [4.69, 9.17) is 4.98 Å². The lowest BCUT2D eigenvalue weighted by Gasteiger charge is -2.29. The first-order valence-corrected chi connectivity index (χ1v) is 11.1. The van der Waals surface area contributed by atoms with Crippen molar-refractivity contribution < 1.29 is 4.79 Å². The van der Waals surface area contributed by atoms with E-state index < -0.39 is 0 Å². The zero-order valence-electron chi connectivity index (χ0n) is 18.3. The number of hydrogen-bond donors (Lipinski definition) is 3. The Morgan fingerprint density at radius 3 is 2.73 bits per heavy atom. The second-order valence-electron chi connectivity index (χ2n) is 8.40. The Morgan fingerprint density at radius 2 is 1.91 bits per heavy atom. The molecule has 2 aliphatic heterocycles. The number of nitrogens with one attached hydrogen (secondary N) is 3. The molecule has 2 aliphatic rings. The van der Waals surface area contributed by atoms with E-state index in [1.54, 1.807) is 6.20 Å². The first kappa shape index (κ1) is 19.7.